The van der Waals surface area contributed by atoms with Crippen LogP contribution in [0.2, 0.25) is 5.02 Å². The van der Waals surface area contributed by atoms with Crippen LogP contribution < -0.4 is 9.62 Å². The molecule has 0 aliphatic rings. The fourth-order valence-corrected chi connectivity index (χ4v) is 6.53. The average molecular weight is 646 g/mol. The number of halogens is 1. The minimum atomic E-state index is -4.20. The highest BCUT2D eigenvalue weighted by molar-refractivity contribution is 7.92. The second-order valence-electron chi connectivity index (χ2n) is 12.3. The van der Waals surface area contributed by atoms with E-state index in [1.54, 1.807) is 24.3 Å². The topological polar surface area (TPSA) is 86.8 Å². The van der Waals surface area contributed by atoms with Crippen molar-refractivity contribution in [3.63, 3.8) is 0 Å². The number of hydrogen-bond acceptors (Lipinski definition) is 4. The van der Waals surface area contributed by atoms with Crippen molar-refractivity contribution in [1.82, 2.24) is 10.2 Å². The molecule has 1 N–H and O–H groups in total. The zero-order valence-electron chi connectivity index (χ0n) is 26.3. The maximum absolute atomic E-state index is 14.5. The number of carbonyl (C=O) groups excluding carboxylic acids is 2. The van der Waals surface area contributed by atoms with Crippen LogP contribution in [0.25, 0.3) is 0 Å². The van der Waals surface area contributed by atoms with E-state index in [1.165, 1.54) is 29.2 Å². The molecule has 0 fully saturated rings. The molecule has 4 aromatic rings. The maximum Gasteiger partial charge on any atom is 0.264 e. The third kappa shape index (κ3) is 9.19. The lowest BCUT2D eigenvalue weighted by atomic mass is 10.0. The van der Waals surface area contributed by atoms with Gasteiger partial charge < -0.3 is 10.2 Å². The minimum absolute atomic E-state index is 0.00294. The number of benzene rings is 4. The van der Waals surface area contributed by atoms with Crippen molar-refractivity contribution in [2.75, 3.05) is 10.8 Å². The van der Waals surface area contributed by atoms with Crippen molar-refractivity contribution in [2.24, 2.45) is 0 Å². The highest BCUT2D eigenvalue weighted by Gasteiger charge is 2.35. The van der Waals surface area contributed by atoms with Crippen molar-refractivity contribution in [1.29, 1.82) is 0 Å². The molecule has 1 atom stereocenters. The van der Waals surface area contributed by atoms with Crippen LogP contribution in [0.15, 0.2) is 108 Å². The lowest BCUT2D eigenvalue weighted by Crippen LogP contribution is -2.56. The van der Waals surface area contributed by atoms with Crippen LogP contribution in [0, 0.1) is 13.8 Å². The Balaban J connectivity index is 1.81. The van der Waals surface area contributed by atoms with Crippen molar-refractivity contribution >= 4 is 39.1 Å². The Labute approximate surface area is 271 Å². The highest BCUT2D eigenvalue weighted by Crippen LogP contribution is 2.26. The molecule has 0 aliphatic heterocycles. The SMILES string of the molecule is Cc1ccc(N(CC(=O)N(Cc2cccc(C)c2)C(Cc2ccccc2)C(=O)NC(C)(C)C)S(=O)(=O)c2ccc(Cl)cc2)cc1. The van der Waals surface area contributed by atoms with Gasteiger partial charge in [-0.15, -0.1) is 0 Å². The van der Waals surface area contributed by atoms with Gasteiger partial charge in [0.25, 0.3) is 10.0 Å². The van der Waals surface area contributed by atoms with Gasteiger partial charge >= 0.3 is 0 Å². The predicted molar refractivity (Wildman–Crippen MR) is 181 cm³/mol. The number of anilines is 1. The van der Waals surface area contributed by atoms with E-state index in [2.05, 4.69) is 5.32 Å². The Bertz CT molecular complexity index is 1720. The molecule has 0 spiro atoms. The second kappa shape index (κ2) is 14.3. The summed E-state index contributed by atoms with van der Waals surface area (Å²) in [6, 6.07) is 29.1. The Morgan fingerprint density at radius 3 is 2.02 bits per heavy atom. The molecule has 0 bridgehead atoms. The summed E-state index contributed by atoms with van der Waals surface area (Å²) in [6.45, 7) is 9.10. The third-order valence-electron chi connectivity index (χ3n) is 7.21. The summed E-state index contributed by atoms with van der Waals surface area (Å²) in [5, 5.41) is 3.44. The molecule has 0 heterocycles. The van der Waals surface area contributed by atoms with E-state index < -0.39 is 34.1 Å². The Kier molecular flexibility index (Phi) is 10.7. The largest absolute Gasteiger partial charge is 0.350 e. The Hall–Kier alpha value is -4.14. The van der Waals surface area contributed by atoms with Gasteiger partial charge in [-0.1, -0.05) is 89.5 Å². The van der Waals surface area contributed by atoms with E-state index in [-0.39, 0.29) is 23.8 Å². The van der Waals surface area contributed by atoms with E-state index in [0.717, 1.165) is 26.6 Å². The Morgan fingerprint density at radius 1 is 0.800 bits per heavy atom. The van der Waals surface area contributed by atoms with Crippen LogP contribution in [0.5, 0.6) is 0 Å². The fourth-order valence-electron chi connectivity index (χ4n) is 4.99. The molecule has 0 saturated heterocycles. The molecule has 4 rings (SSSR count). The van der Waals surface area contributed by atoms with Gasteiger partial charge in [0.05, 0.1) is 10.6 Å². The molecule has 4 aromatic carbocycles. The molecule has 0 aromatic heterocycles. The first kappa shape index (κ1) is 33.7. The first-order chi connectivity index (χ1) is 21.2. The lowest BCUT2D eigenvalue weighted by Gasteiger charge is -2.35. The van der Waals surface area contributed by atoms with Gasteiger partial charge in [0.2, 0.25) is 11.8 Å². The molecule has 1 unspecified atom stereocenters. The van der Waals surface area contributed by atoms with E-state index >= 15 is 0 Å². The van der Waals surface area contributed by atoms with Gasteiger partial charge in [0, 0.05) is 23.5 Å². The smallest absolute Gasteiger partial charge is 0.264 e. The lowest BCUT2D eigenvalue weighted by molar-refractivity contribution is -0.140. The zero-order valence-corrected chi connectivity index (χ0v) is 27.9. The van der Waals surface area contributed by atoms with Crippen LogP contribution in [0.3, 0.4) is 0 Å². The van der Waals surface area contributed by atoms with Gasteiger partial charge in [-0.25, -0.2) is 8.42 Å². The maximum atomic E-state index is 14.5. The number of sulfonamides is 1. The van der Waals surface area contributed by atoms with Crippen LogP contribution in [-0.4, -0.2) is 43.3 Å². The Morgan fingerprint density at radius 2 is 1.42 bits per heavy atom. The monoisotopic (exact) mass is 645 g/mol. The van der Waals surface area contributed by atoms with Gasteiger partial charge in [-0.3, -0.25) is 13.9 Å². The van der Waals surface area contributed by atoms with Crippen molar-refractivity contribution in [3.8, 4) is 0 Å². The summed E-state index contributed by atoms with van der Waals surface area (Å²) >= 11 is 6.06. The first-order valence-electron chi connectivity index (χ1n) is 14.8. The van der Waals surface area contributed by atoms with Crippen LogP contribution >= 0.6 is 11.6 Å². The summed E-state index contributed by atoms with van der Waals surface area (Å²) in [7, 11) is -4.20. The van der Waals surface area contributed by atoms with Crippen LogP contribution in [0.1, 0.15) is 43.0 Å². The third-order valence-corrected chi connectivity index (χ3v) is 9.25. The molecular formula is C36H40ClN3O4S. The zero-order chi connectivity index (χ0) is 32.8. The van der Waals surface area contributed by atoms with E-state index in [1.807, 2.05) is 89.2 Å². The second-order valence-corrected chi connectivity index (χ2v) is 14.6. The number of carbonyl (C=O) groups is 2. The highest BCUT2D eigenvalue weighted by atomic mass is 35.5. The van der Waals surface area contributed by atoms with E-state index in [4.69, 9.17) is 11.6 Å². The molecule has 2 amide bonds. The summed E-state index contributed by atoms with van der Waals surface area (Å²) < 4.78 is 29.3. The molecular weight excluding hydrogens is 606 g/mol. The summed E-state index contributed by atoms with van der Waals surface area (Å²) in [5.41, 5.74) is 3.42. The molecule has 45 heavy (non-hydrogen) atoms. The number of aryl methyl sites for hydroxylation is 2. The van der Waals surface area contributed by atoms with Crippen LogP contribution in [-0.2, 0) is 32.6 Å². The number of nitrogens with zero attached hydrogens (tertiary/aromatic N) is 2. The number of amides is 2. The summed E-state index contributed by atoms with van der Waals surface area (Å²) in [5.74, 6) is -0.839. The molecule has 0 saturated carbocycles. The normalized spacial score (nSPS) is 12.3. The average Bonchev–Trinajstić information content (AvgIpc) is 2.98. The van der Waals surface area contributed by atoms with E-state index in [0.29, 0.717) is 10.7 Å². The van der Waals surface area contributed by atoms with Gasteiger partial charge in [0.15, 0.2) is 0 Å². The number of rotatable bonds is 11. The van der Waals surface area contributed by atoms with Gasteiger partial charge in [0.1, 0.15) is 12.6 Å². The standard InChI is InChI=1S/C36H40ClN3O4S/c1-26-14-18-31(19-15-26)40(45(43,44)32-20-16-30(37)17-21-32)25-34(41)39(24-29-13-9-10-27(2)22-29)33(35(42)38-36(3,4)5)23-28-11-7-6-8-12-28/h6-22,33H,23-25H2,1-5H3,(H,38,42). The molecule has 236 valence electrons. The predicted octanol–water partition coefficient (Wildman–Crippen LogP) is 6.71. The van der Waals surface area contributed by atoms with Gasteiger partial charge in [-0.2, -0.15) is 0 Å². The fraction of sp³-hybridized carbons (Fsp3) is 0.278. The summed E-state index contributed by atoms with van der Waals surface area (Å²) in [4.78, 5) is 30.0. The minimum Gasteiger partial charge on any atom is -0.350 e. The van der Waals surface area contributed by atoms with Crippen molar-refractivity contribution < 1.29 is 18.0 Å². The summed E-state index contributed by atoms with van der Waals surface area (Å²) in [6.07, 6.45) is 0.245. The van der Waals surface area contributed by atoms with E-state index in [9.17, 15) is 18.0 Å². The molecule has 0 aliphatic carbocycles. The van der Waals surface area contributed by atoms with Crippen molar-refractivity contribution in [3.05, 3.63) is 130 Å². The quantitative estimate of drug-likeness (QED) is 0.197. The molecule has 9 heteroatoms. The van der Waals surface area contributed by atoms with Crippen LogP contribution in [0.4, 0.5) is 5.69 Å². The van der Waals surface area contributed by atoms with Crippen molar-refractivity contribution in [2.45, 2.75) is 64.1 Å². The first-order valence-corrected chi connectivity index (χ1v) is 16.6. The molecule has 7 nitrogen and oxygen atoms in total. The number of hydrogen-bond donors (Lipinski definition) is 1. The number of nitrogens with one attached hydrogen (secondary N) is 1. The molecule has 0 radical (unpaired) electrons. The van der Waals surface area contributed by atoms with Gasteiger partial charge in [-0.05, 0) is 82.1 Å².